The molecule has 7 nitrogen and oxygen atoms in total. The van der Waals surface area contributed by atoms with E-state index in [9.17, 15) is 0 Å². The van der Waals surface area contributed by atoms with Crippen molar-refractivity contribution in [1.29, 1.82) is 0 Å². The van der Waals surface area contributed by atoms with Gasteiger partial charge in [0.05, 0.1) is 18.6 Å². The van der Waals surface area contributed by atoms with Crippen LogP contribution in [0, 0.1) is 0 Å². The van der Waals surface area contributed by atoms with Gasteiger partial charge in [-0.25, -0.2) is 4.98 Å². The molecule has 4 rings (SSSR count). The fraction of sp³-hybridized carbons (Fsp3) is 0.211. The van der Waals surface area contributed by atoms with Crippen molar-refractivity contribution in [2.75, 3.05) is 5.32 Å². The van der Waals surface area contributed by atoms with Gasteiger partial charge in [-0.1, -0.05) is 12.1 Å². The lowest BCUT2D eigenvalue weighted by Crippen LogP contribution is -2.06. The van der Waals surface area contributed by atoms with Crippen molar-refractivity contribution in [2.45, 2.75) is 26.4 Å². The molecule has 4 aromatic heterocycles. The molecule has 0 radical (unpaired) electrons. The van der Waals surface area contributed by atoms with Gasteiger partial charge in [-0.2, -0.15) is 9.97 Å². The predicted octanol–water partition coefficient (Wildman–Crippen LogP) is 4.13. The molecule has 0 aromatic carbocycles. The summed E-state index contributed by atoms with van der Waals surface area (Å²) < 4.78 is 1.97. The SMILES string of the molecule is CC(C)n1cnc2c(NCc3ccc(-c4cccnc4)cn3)nc(Cl)nc21. The molecule has 0 aliphatic heterocycles. The second-order valence-corrected chi connectivity index (χ2v) is 6.73. The van der Waals surface area contributed by atoms with Gasteiger partial charge in [0.1, 0.15) is 0 Å². The molecule has 0 fully saturated rings. The van der Waals surface area contributed by atoms with Crippen LogP contribution in [0.15, 0.2) is 49.2 Å². The van der Waals surface area contributed by atoms with Gasteiger partial charge in [-0.3, -0.25) is 9.97 Å². The largest absolute Gasteiger partial charge is 0.362 e. The Balaban J connectivity index is 1.55. The van der Waals surface area contributed by atoms with Crippen LogP contribution in [0.4, 0.5) is 5.82 Å². The molecular weight excluding hydrogens is 362 g/mol. The molecule has 1 N–H and O–H groups in total. The Kier molecular flexibility index (Phi) is 4.68. The van der Waals surface area contributed by atoms with E-state index >= 15 is 0 Å². The summed E-state index contributed by atoms with van der Waals surface area (Å²) in [4.78, 5) is 21.7. The first-order chi connectivity index (χ1) is 13.1. The summed E-state index contributed by atoms with van der Waals surface area (Å²) in [6.45, 7) is 4.64. The Morgan fingerprint density at radius 1 is 1.07 bits per heavy atom. The van der Waals surface area contributed by atoms with Crippen LogP contribution in [0.3, 0.4) is 0 Å². The summed E-state index contributed by atoms with van der Waals surface area (Å²) in [7, 11) is 0. The Morgan fingerprint density at radius 3 is 2.63 bits per heavy atom. The highest BCUT2D eigenvalue weighted by Gasteiger charge is 2.14. The van der Waals surface area contributed by atoms with E-state index in [0.29, 0.717) is 23.5 Å². The second kappa shape index (κ2) is 7.28. The highest BCUT2D eigenvalue weighted by atomic mass is 35.5. The molecule has 0 amide bonds. The van der Waals surface area contributed by atoms with Crippen LogP contribution < -0.4 is 5.32 Å². The molecule has 4 aromatic rings. The van der Waals surface area contributed by atoms with Crippen molar-refractivity contribution in [3.05, 3.63) is 60.2 Å². The van der Waals surface area contributed by atoms with E-state index in [1.54, 1.807) is 12.5 Å². The topological polar surface area (TPSA) is 81.4 Å². The number of rotatable bonds is 5. The average Bonchev–Trinajstić information content (AvgIpc) is 3.11. The zero-order chi connectivity index (χ0) is 18.8. The number of imidazole rings is 1. The number of hydrogen-bond acceptors (Lipinski definition) is 6. The number of aromatic nitrogens is 6. The molecule has 0 unspecified atom stereocenters. The van der Waals surface area contributed by atoms with Crippen LogP contribution in [-0.2, 0) is 6.54 Å². The number of hydrogen-bond donors (Lipinski definition) is 1. The molecule has 0 atom stereocenters. The maximum absolute atomic E-state index is 6.10. The van der Waals surface area contributed by atoms with Crippen molar-refractivity contribution < 1.29 is 0 Å². The van der Waals surface area contributed by atoms with Gasteiger partial charge in [0.25, 0.3) is 0 Å². The average molecular weight is 380 g/mol. The van der Waals surface area contributed by atoms with Gasteiger partial charge in [0, 0.05) is 35.8 Å². The summed E-state index contributed by atoms with van der Waals surface area (Å²) in [6.07, 6.45) is 7.17. The van der Waals surface area contributed by atoms with E-state index in [4.69, 9.17) is 11.6 Å². The molecule has 0 bridgehead atoms. The molecule has 0 aliphatic carbocycles. The Morgan fingerprint density at radius 2 is 1.93 bits per heavy atom. The number of nitrogens with zero attached hydrogens (tertiary/aromatic N) is 6. The zero-order valence-corrected chi connectivity index (χ0v) is 15.7. The van der Waals surface area contributed by atoms with Crippen LogP contribution in [0.2, 0.25) is 5.28 Å². The third-order valence-corrected chi connectivity index (χ3v) is 4.38. The van der Waals surface area contributed by atoms with E-state index in [0.717, 1.165) is 16.8 Å². The van der Waals surface area contributed by atoms with Crippen LogP contribution >= 0.6 is 11.6 Å². The van der Waals surface area contributed by atoms with Crippen molar-refractivity contribution in [3.8, 4) is 11.1 Å². The summed E-state index contributed by atoms with van der Waals surface area (Å²) in [5.41, 5.74) is 4.35. The normalized spacial score (nSPS) is 11.3. The van der Waals surface area contributed by atoms with Crippen LogP contribution in [0.25, 0.3) is 22.3 Å². The summed E-state index contributed by atoms with van der Waals surface area (Å²) in [6, 6.07) is 8.15. The summed E-state index contributed by atoms with van der Waals surface area (Å²) in [5.74, 6) is 0.600. The van der Waals surface area contributed by atoms with E-state index in [1.807, 2.05) is 41.2 Å². The molecule has 27 heavy (non-hydrogen) atoms. The van der Waals surface area contributed by atoms with E-state index < -0.39 is 0 Å². The van der Waals surface area contributed by atoms with Crippen LogP contribution in [0.1, 0.15) is 25.6 Å². The van der Waals surface area contributed by atoms with Gasteiger partial charge < -0.3 is 9.88 Å². The third kappa shape index (κ3) is 3.59. The van der Waals surface area contributed by atoms with Gasteiger partial charge in [0.2, 0.25) is 5.28 Å². The fourth-order valence-electron chi connectivity index (χ4n) is 2.80. The van der Waals surface area contributed by atoms with Crippen molar-refractivity contribution in [1.82, 2.24) is 29.5 Å². The number of fused-ring (bicyclic) bond motifs is 1. The lowest BCUT2D eigenvalue weighted by molar-refractivity contribution is 0.612. The standard InChI is InChI=1S/C19H18ClN7/c1-12(2)27-11-24-16-17(25-19(20)26-18(16)27)23-10-15-6-5-14(9-22-15)13-4-3-7-21-8-13/h3-9,11-12H,10H2,1-2H3,(H,23,25,26). The van der Waals surface area contributed by atoms with Gasteiger partial charge in [-0.15, -0.1) is 0 Å². The predicted molar refractivity (Wildman–Crippen MR) is 106 cm³/mol. The highest BCUT2D eigenvalue weighted by molar-refractivity contribution is 6.28. The molecule has 0 saturated carbocycles. The van der Waals surface area contributed by atoms with E-state index in [1.165, 1.54) is 0 Å². The minimum atomic E-state index is 0.187. The zero-order valence-electron chi connectivity index (χ0n) is 15.0. The smallest absolute Gasteiger partial charge is 0.226 e. The lowest BCUT2D eigenvalue weighted by Gasteiger charge is -2.09. The molecule has 0 saturated heterocycles. The van der Waals surface area contributed by atoms with Crippen LogP contribution in [0.5, 0.6) is 0 Å². The van der Waals surface area contributed by atoms with Gasteiger partial charge in [0.15, 0.2) is 17.0 Å². The highest BCUT2D eigenvalue weighted by Crippen LogP contribution is 2.24. The third-order valence-electron chi connectivity index (χ3n) is 4.21. The Hall–Kier alpha value is -3.06. The monoisotopic (exact) mass is 379 g/mol. The molecule has 8 heteroatoms. The van der Waals surface area contributed by atoms with Crippen LogP contribution in [-0.4, -0.2) is 29.5 Å². The Bertz CT molecular complexity index is 1060. The molecular formula is C19H18ClN7. The number of pyridine rings is 2. The number of anilines is 1. The quantitative estimate of drug-likeness (QED) is 0.525. The first kappa shape index (κ1) is 17.4. The Labute approximate surface area is 161 Å². The molecule has 4 heterocycles. The number of nitrogens with one attached hydrogen (secondary N) is 1. The van der Waals surface area contributed by atoms with Gasteiger partial charge in [-0.05, 0) is 37.6 Å². The van der Waals surface area contributed by atoms with Crippen molar-refractivity contribution in [2.24, 2.45) is 0 Å². The van der Waals surface area contributed by atoms with E-state index in [2.05, 4.69) is 44.1 Å². The molecule has 0 spiro atoms. The summed E-state index contributed by atoms with van der Waals surface area (Å²) >= 11 is 6.10. The minimum Gasteiger partial charge on any atom is -0.362 e. The minimum absolute atomic E-state index is 0.187. The lowest BCUT2D eigenvalue weighted by atomic mass is 10.1. The number of halogens is 1. The second-order valence-electron chi connectivity index (χ2n) is 6.39. The first-order valence-corrected chi connectivity index (χ1v) is 8.99. The first-order valence-electron chi connectivity index (χ1n) is 8.61. The molecule has 136 valence electrons. The van der Waals surface area contributed by atoms with E-state index in [-0.39, 0.29) is 11.3 Å². The van der Waals surface area contributed by atoms with Gasteiger partial charge >= 0.3 is 0 Å². The summed E-state index contributed by atoms with van der Waals surface area (Å²) in [5, 5.41) is 3.46. The molecule has 0 aliphatic rings. The fourth-order valence-corrected chi connectivity index (χ4v) is 2.96. The maximum Gasteiger partial charge on any atom is 0.226 e. The van der Waals surface area contributed by atoms with Crippen molar-refractivity contribution in [3.63, 3.8) is 0 Å². The maximum atomic E-state index is 6.10. The van der Waals surface area contributed by atoms with Crippen molar-refractivity contribution >= 4 is 28.6 Å².